The summed E-state index contributed by atoms with van der Waals surface area (Å²) in [7, 11) is 0. The summed E-state index contributed by atoms with van der Waals surface area (Å²) in [6.45, 7) is 6.34. The number of fused-ring (bicyclic) bond motifs is 2. The average molecular weight is 366 g/mol. The van der Waals surface area contributed by atoms with Crippen LogP contribution in [0.2, 0.25) is 0 Å². The molecule has 1 aromatic heterocycles. The summed E-state index contributed by atoms with van der Waals surface area (Å²) < 4.78 is 1.97. The van der Waals surface area contributed by atoms with E-state index >= 15 is 0 Å². The lowest BCUT2D eigenvalue weighted by Gasteiger charge is -2.23. The molecule has 1 N–H and O–H groups in total. The minimum atomic E-state index is -0.170. The molecule has 4 rings (SSSR count). The van der Waals surface area contributed by atoms with E-state index in [9.17, 15) is 4.79 Å². The van der Waals surface area contributed by atoms with Crippen LogP contribution in [0.25, 0.3) is 10.8 Å². The molecule has 3 aromatic rings. The number of nitrogens with zero attached hydrogens (tertiary/aromatic N) is 2. The van der Waals surface area contributed by atoms with E-state index in [2.05, 4.69) is 44.3 Å². The van der Waals surface area contributed by atoms with Crippen LogP contribution < -0.4 is 5.32 Å². The molecule has 4 nitrogen and oxygen atoms in total. The Balaban J connectivity index is 1.63. The summed E-state index contributed by atoms with van der Waals surface area (Å²) in [6.07, 6.45) is 0.360. The minimum absolute atomic E-state index is 0.00598. The molecule has 0 fully saturated rings. The second kappa shape index (κ2) is 6.47. The molecule has 2 aromatic carbocycles. The van der Waals surface area contributed by atoms with Crippen LogP contribution in [0.1, 0.15) is 37.6 Å². The highest BCUT2D eigenvalue weighted by molar-refractivity contribution is 7.98. The molecule has 0 aliphatic carbocycles. The number of aromatic nitrogens is 2. The summed E-state index contributed by atoms with van der Waals surface area (Å²) >= 11 is 1.85. The highest BCUT2D eigenvalue weighted by atomic mass is 32.2. The molecule has 1 amide bonds. The van der Waals surface area contributed by atoms with Gasteiger partial charge in [-0.05, 0) is 37.1 Å². The van der Waals surface area contributed by atoms with Gasteiger partial charge in [0.2, 0.25) is 5.91 Å². The number of anilines is 1. The summed E-state index contributed by atoms with van der Waals surface area (Å²) in [5.74, 6) is 2.70. The molecule has 5 heteroatoms. The number of thioether (sulfide) groups is 1. The summed E-state index contributed by atoms with van der Waals surface area (Å²) in [4.78, 5) is 12.8. The second-order valence-electron chi connectivity index (χ2n) is 7.71. The van der Waals surface area contributed by atoms with Gasteiger partial charge in [-0.2, -0.15) is 16.9 Å². The lowest BCUT2D eigenvalue weighted by molar-refractivity contribution is -0.115. The van der Waals surface area contributed by atoms with Gasteiger partial charge in [-0.1, -0.05) is 42.5 Å². The maximum atomic E-state index is 12.8. The molecule has 0 spiro atoms. The maximum absolute atomic E-state index is 12.8. The third-order valence-corrected chi connectivity index (χ3v) is 5.65. The third-order valence-electron chi connectivity index (χ3n) is 4.68. The van der Waals surface area contributed by atoms with E-state index in [4.69, 9.17) is 5.10 Å². The lowest BCUT2D eigenvalue weighted by Crippen LogP contribution is -2.27. The van der Waals surface area contributed by atoms with E-state index in [1.165, 1.54) is 5.56 Å². The molecule has 1 aliphatic heterocycles. The van der Waals surface area contributed by atoms with Crippen LogP contribution in [-0.4, -0.2) is 15.7 Å². The first-order chi connectivity index (χ1) is 12.4. The molecule has 0 saturated heterocycles. The van der Waals surface area contributed by atoms with E-state index < -0.39 is 0 Å². The van der Waals surface area contributed by atoms with Crippen molar-refractivity contribution in [1.29, 1.82) is 0 Å². The Morgan fingerprint density at radius 2 is 1.92 bits per heavy atom. The molecule has 0 radical (unpaired) electrons. The van der Waals surface area contributed by atoms with Crippen molar-refractivity contribution in [3.05, 3.63) is 59.3 Å². The van der Waals surface area contributed by atoms with Crippen LogP contribution in [0.15, 0.2) is 42.5 Å². The van der Waals surface area contributed by atoms with Crippen molar-refractivity contribution in [2.24, 2.45) is 0 Å². The molecular weight excluding hydrogens is 342 g/mol. The Morgan fingerprint density at radius 1 is 1.15 bits per heavy atom. The number of rotatable bonds is 3. The Hall–Kier alpha value is -2.27. The fourth-order valence-corrected chi connectivity index (χ4v) is 4.46. The normalized spacial score (nSPS) is 13.8. The molecule has 26 heavy (non-hydrogen) atoms. The van der Waals surface area contributed by atoms with Crippen molar-refractivity contribution in [3.63, 3.8) is 0 Å². The zero-order valence-corrected chi connectivity index (χ0v) is 16.2. The van der Waals surface area contributed by atoms with E-state index in [1.807, 2.05) is 40.7 Å². The molecule has 0 saturated carbocycles. The fraction of sp³-hybridized carbons (Fsp3) is 0.333. The number of carbonyl (C=O) groups excluding carboxylic acids is 1. The van der Waals surface area contributed by atoms with Crippen LogP contribution in [0.3, 0.4) is 0 Å². The molecule has 0 unspecified atom stereocenters. The Bertz CT molecular complexity index is 979. The highest BCUT2D eigenvalue weighted by Crippen LogP contribution is 2.37. The van der Waals surface area contributed by atoms with Gasteiger partial charge in [0.15, 0.2) is 0 Å². The van der Waals surface area contributed by atoms with Crippen LogP contribution in [-0.2, 0) is 28.3 Å². The number of hydrogen-bond donors (Lipinski definition) is 1. The SMILES string of the molecule is CC(C)(C)n1nc2c(c1NC(=O)Cc1cccc3ccccc13)CSC2. The molecule has 1 aliphatic rings. The van der Waals surface area contributed by atoms with Crippen molar-refractivity contribution >= 4 is 34.3 Å². The van der Waals surface area contributed by atoms with Gasteiger partial charge in [-0.3, -0.25) is 4.79 Å². The Labute approximate surface area is 158 Å². The topological polar surface area (TPSA) is 46.9 Å². The van der Waals surface area contributed by atoms with Crippen LogP contribution in [0, 0.1) is 0 Å². The first kappa shape index (κ1) is 17.2. The lowest BCUT2D eigenvalue weighted by atomic mass is 10.0. The second-order valence-corrected chi connectivity index (χ2v) is 8.70. The van der Waals surface area contributed by atoms with E-state index in [1.54, 1.807) is 0 Å². The Kier molecular flexibility index (Phi) is 4.27. The summed E-state index contributed by atoms with van der Waals surface area (Å²) in [5.41, 5.74) is 3.16. The quantitative estimate of drug-likeness (QED) is 0.730. The predicted molar refractivity (Wildman–Crippen MR) is 109 cm³/mol. The van der Waals surface area contributed by atoms with Crippen molar-refractivity contribution in [2.45, 2.75) is 44.2 Å². The predicted octanol–water partition coefficient (Wildman–Crippen LogP) is 4.72. The van der Waals surface area contributed by atoms with Gasteiger partial charge in [0.1, 0.15) is 5.82 Å². The van der Waals surface area contributed by atoms with Crippen molar-refractivity contribution in [3.8, 4) is 0 Å². The molecular formula is C21H23N3OS. The largest absolute Gasteiger partial charge is 0.310 e. The zero-order valence-electron chi connectivity index (χ0n) is 15.4. The monoisotopic (exact) mass is 365 g/mol. The van der Waals surface area contributed by atoms with Gasteiger partial charge in [0.05, 0.1) is 17.7 Å². The molecule has 0 atom stereocenters. The van der Waals surface area contributed by atoms with Gasteiger partial charge in [0, 0.05) is 17.1 Å². The standard InChI is InChI=1S/C21H23N3OS/c1-21(2,3)24-20(17-12-26-13-18(17)23-24)22-19(25)11-15-9-6-8-14-7-4-5-10-16(14)15/h4-10H,11-13H2,1-3H3,(H,22,25). The first-order valence-corrected chi connectivity index (χ1v) is 10.0. The molecule has 0 bridgehead atoms. The zero-order chi connectivity index (χ0) is 18.3. The number of nitrogens with one attached hydrogen (secondary N) is 1. The van der Waals surface area contributed by atoms with Gasteiger partial charge in [0.25, 0.3) is 0 Å². The van der Waals surface area contributed by atoms with Crippen LogP contribution >= 0.6 is 11.8 Å². The van der Waals surface area contributed by atoms with Gasteiger partial charge in [-0.25, -0.2) is 4.68 Å². The van der Waals surface area contributed by atoms with E-state index in [0.717, 1.165) is 39.4 Å². The van der Waals surface area contributed by atoms with Gasteiger partial charge >= 0.3 is 0 Å². The smallest absolute Gasteiger partial charge is 0.229 e. The number of amides is 1. The van der Waals surface area contributed by atoms with Gasteiger partial charge in [-0.15, -0.1) is 0 Å². The van der Waals surface area contributed by atoms with E-state index in [-0.39, 0.29) is 11.4 Å². The maximum Gasteiger partial charge on any atom is 0.229 e. The first-order valence-electron chi connectivity index (χ1n) is 8.89. The van der Waals surface area contributed by atoms with Crippen molar-refractivity contribution < 1.29 is 4.79 Å². The third kappa shape index (κ3) is 3.12. The van der Waals surface area contributed by atoms with Crippen LogP contribution in [0.5, 0.6) is 0 Å². The Morgan fingerprint density at radius 3 is 2.73 bits per heavy atom. The van der Waals surface area contributed by atoms with Crippen molar-refractivity contribution in [1.82, 2.24) is 9.78 Å². The average Bonchev–Trinajstić information content (AvgIpc) is 3.17. The van der Waals surface area contributed by atoms with Gasteiger partial charge < -0.3 is 5.32 Å². The van der Waals surface area contributed by atoms with E-state index in [0.29, 0.717) is 6.42 Å². The molecule has 134 valence electrons. The summed E-state index contributed by atoms with van der Waals surface area (Å²) in [5, 5.41) is 10.2. The number of benzene rings is 2. The highest BCUT2D eigenvalue weighted by Gasteiger charge is 2.28. The van der Waals surface area contributed by atoms with Crippen molar-refractivity contribution in [2.75, 3.05) is 5.32 Å². The fourth-order valence-electron chi connectivity index (χ4n) is 3.42. The van der Waals surface area contributed by atoms with Crippen LogP contribution in [0.4, 0.5) is 5.82 Å². The molecule has 2 heterocycles. The summed E-state index contributed by atoms with van der Waals surface area (Å²) in [6, 6.07) is 14.3. The minimum Gasteiger partial charge on any atom is -0.310 e. The number of hydrogen-bond acceptors (Lipinski definition) is 3. The number of carbonyl (C=O) groups is 1.